The van der Waals surface area contributed by atoms with Crippen LogP contribution in [-0.4, -0.2) is 57.1 Å². The van der Waals surface area contributed by atoms with E-state index in [2.05, 4.69) is 4.98 Å². The highest BCUT2D eigenvalue weighted by molar-refractivity contribution is 6.01. The summed E-state index contributed by atoms with van der Waals surface area (Å²) in [5, 5.41) is 12.5. The summed E-state index contributed by atoms with van der Waals surface area (Å²) in [6.45, 7) is 2.40. The second-order valence-corrected chi connectivity index (χ2v) is 7.76. The molecule has 4 heterocycles. The van der Waals surface area contributed by atoms with Crippen LogP contribution < -0.4 is 4.74 Å². The molecular weight excluding hydrogens is 358 g/mol. The predicted octanol–water partition coefficient (Wildman–Crippen LogP) is 1.87. The Bertz CT molecular complexity index is 1030. The standard InChI is InChI=1S/C21H23N3O4/c1-3-5-16-18-14(13-8-7-12(28-2)10-15(13)22-18)11-21(27)20(26)23-9-4-6-17(23)19(25)24(16)21/h3,5,7-8,10,16-17,22,27H,4,6,9,11H2,1-2H3/b5-3+/t16-,17-,21+/m0/s1. The lowest BCUT2D eigenvalue weighted by atomic mass is 9.85. The SMILES string of the molecule is C/C=C/[C@H]1c2[nH]c3cc(OC)ccc3c2C[C@@]2(O)C(=O)N3CCC[C@H]3C(=O)N12. The minimum atomic E-state index is -1.86. The minimum absolute atomic E-state index is 0.0799. The summed E-state index contributed by atoms with van der Waals surface area (Å²) in [6, 6.07) is 4.71. The van der Waals surface area contributed by atoms with E-state index in [1.54, 1.807) is 12.0 Å². The highest BCUT2D eigenvalue weighted by Crippen LogP contribution is 2.46. The van der Waals surface area contributed by atoms with E-state index < -0.39 is 17.8 Å². The number of piperazine rings is 1. The molecule has 0 unspecified atom stereocenters. The van der Waals surface area contributed by atoms with Crippen LogP contribution in [0.3, 0.4) is 0 Å². The number of rotatable bonds is 2. The molecule has 0 radical (unpaired) electrons. The number of fused-ring (bicyclic) bond motifs is 5. The third kappa shape index (κ3) is 2.08. The van der Waals surface area contributed by atoms with E-state index in [4.69, 9.17) is 4.74 Å². The van der Waals surface area contributed by atoms with Crippen molar-refractivity contribution in [2.24, 2.45) is 0 Å². The number of hydrogen-bond acceptors (Lipinski definition) is 4. The van der Waals surface area contributed by atoms with Crippen LogP contribution in [-0.2, 0) is 16.0 Å². The number of nitrogens with one attached hydrogen (secondary N) is 1. The van der Waals surface area contributed by atoms with Crippen molar-refractivity contribution in [2.45, 2.75) is 44.0 Å². The van der Waals surface area contributed by atoms with Gasteiger partial charge < -0.3 is 19.7 Å². The fourth-order valence-electron chi connectivity index (χ4n) is 5.04. The van der Waals surface area contributed by atoms with Crippen molar-refractivity contribution in [1.29, 1.82) is 0 Å². The van der Waals surface area contributed by atoms with Gasteiger partial charge in [-0.05, 0) is 37.5 Å². The summed E-state index contributed by atoms with van der Waals surface area (Å²) < 4.78 is 5.32. The summed E-state index contributed by atoms with van der Waals surface area (Å²) in [5.41, 5.74) is 0.726. The number of nitrogens with zero attached hydrogens (tertiary/aromatic N) is 2. The van der Waals surface area contributed by atoms with E-state index >= 15 is 0 Å². The lowest BCUT2D eigenvalue weighted by Crippen LogP contribution is -2.72. The van der Waals surface area contributed by atoms with Crippen LogP contribution in [0.5, 0.6) is 5.75 Å². The summed E-state index contributed by atoms with van der Waals surface area (Å²) >= 11 is 0. The Kier molecular flexibility index (Phi) is 3.61. The van der Waals surface area contributed by atoms with Gasteiger partial charge in [0.2, 0.25) is 11.6 Å². The first-order valence-electron chi connectivity index (χ1n) is 9.67. The first kappa shape index (κ1) is 17.3. The Morgan fingerprint density at radius 3 is 2.93 bits per heavy atom. The molecule has 0 aliphatic carbocycles. The molecule has 0 saturated carbocycles. The number of aliphatic hydroxyl groups is 1. The molecule has 2 fully saturated rings. The highest BCUT2D eigenvalue weighted by atomic mass is 16.5. The Morgan fingerprint density at radius 1 is 1.36 bits per heavy atom. The van der Waals surface area contributed by atoms with Crippen molar-refractivity contribution >= 4 is 22.7 Å². The van der Waals surface area contributed by atoms with Gasteiger partial charge in [-0.1, -0.05) is 12.2 Å². The van der Waals surface area contributed by atoms with Gasteiger partial charge >= 0.3 is 0 Å². The maximum Gasteiger partial charge on any atom is 0.277 e. The van der Waals surface area contributed by atoms with E-state index in [9.17, 15) is 14.7 Å². The van der Waals surface area contributed by atoms with Crippen LogP contribution >= 0.6 is 0 Å². The molecule has 2 N–H and O–H groups in total. The molecule has 2 aromatic rings. The zero-order valence-corrected chi connectivity index (χ0v) is 15.9. The fraction of sp³-hybridized carbons (Fsp3) is 0.429. The molecule has 3 atom stereocenters. The monoisotopic (exact) mass is 381 g/mol. The molecule has 2 saturated heterocycles. The van der Waals surface area contributed by atoms with Gasteiger partial charge in [-0.15, -0.1) is 0 Å². The van der Waals surface area contributed by atoms with Crippen molar-refractivity contribution < 1.29 is 19.4 Å². The number of benzene rings is 1. The van der Waals surface area contributed by atoms with Crippen LogP contribution in [0.1, 0.15) is 37.1 Å². The maximum atomic E-state index is 13.3. The molecule has 5 rings (SSSR count). The molecule has 7 nitrogen and oxygen atoms in total. The number of hydrogen-bond donors (Lipinski definition) is 2. The highest BCUT2D eigenvalue weighted by Gasteiger charge is 2.61. The van der Waals surface area contributed by atoms with Gasteiger partial charge in [0.15, 0.2) is 0 Å². The van der Waals surface area contributed by atoms with Gasteiger partial charge in [-0.2, -0.15) is 0 Å². The molecular formula is C21H23N3O4. The van der Waals surface area contributed by atoms with Crippen LogP contribution in [0.25, 0.3) is 10.9 Å². The molecule has 3 aliphatic heterocycles. The van der Waals surface area contributed by atoms with E-state index in [0.717, 1.165) is 34.3 Å². The lowest BCUT2D eigenvalue weighted by molar-refractivity contribution is -0.203. The zero-order valence-electron chi connectivity index (χ0n) is 15.9. The average molecular weight is 381 g/mol. The second-order valence-electron chi connectivity index (χ2n) is 7.76. The van der Waals surface area contributed by atoms with Crippen molar-refractivity contribution in [1.82, 2.24) is 14.8 Å². The summed E-state index contributed by atoms with van der Waals surface area (Å²) in [7, 11) is 1.61. The van der Waals surface area contributed by atoms with Crippen molar-refractivity contribution in [3.8, 4) is 5.75 Å². The van der Waals surface area contributed by atoms with Crippen molar-refractivity contribution in [3.05, 3.63) is 41.6 Å². The van der Waals surface area contributed by atoms with Gasteiger partial charge in [0, 0.05) is 35.6 Å². The molecule has 28 heavy (non-hydrogen) atoms. The first-order chi connectivity index (χ1) is 13.5. The summed E-state index contributed by atoms with van der Waals surface area (Å²) in [5.74, 6) is 0.181. The van der Waals surface area contributed by atoms with Gasteiger partial charge in [0.25, 0.3) is 5.91 Å². The largest absolute Gasteiger partial charge is 0.497 e. The lowest BCUT2D eigenvalue weighted by Gasteiger charge is -2.52. The molecule has 1 aromatic carbocycles. The molecule has 1 aromatic heterocycles. The quantitative estimate of drug-likeness (QED) is 0.778. The number of carbonyl (C=O) groups is 2. The van der Waals surface area contributed by atoms with E-state index in [-0.39, 0.29) is 18.2 Å². The molecule has 7 heteroatoms. The number of methoxy groups -OCH3 is 1. The number of allylic oxidation sites excluding steroid dienone is 1. The van der Waals surface area contributed by atoms with Crippen LogP contribution in [0.2, 0.25) is 0 Å². The zero-order chi connectivity index (χ0) is 19.6. The normalized spacial score (nSPS) is 29.4. The minimum Gasteiger partial charge on any atom is -0.497 e. The molecule has 146 valence electrons. The molecule has 0 bridgehead atoms. The Labute approximate surface area is 162 Å². The number of carbonyl (C=O) groups excluding carboxylic acids is 2. The topological polar surface area (TPSA) is 85.9 Å². The number of amides is 2. The van der Waals surface area contributed by atoms with E-state index in [1.807, 2.05) is 37.3 Å². The number of aromatic nitrogens is 1. The van der Waals surface area contributed by atoms with Crippen molar-refractivity contribution in [3.63, 3.8) is 0 Å². The first-order valence-corrected chi connectivity index (χ1v) is 9.67. The van der Waals surface area contributed by atoms with Crippen LogP contribution in [0.4, 0.5) is 0 Å². The van der Waals surface area contributed by atoms with Crippen LogP contribution in [0.15, 0.2) is 30.4 Å². The van der Waals surface area contributed by atoms with Gasteiger partial charge in [-0.3, -0.25) is 14.5 Å². The number of ether oxygens (including phenoxy) is 1. The third-order valence-corrected chi connectivity index (χ3v) is 6.30. The molecule has 2 amide bonds. The van der Waals surface area contributed by atoms with E-state index in [1.165, 1.54) is 4.90 Å². The number of H-pyrrole nitrogens is 1. The van der Waals surface area contributed by atoms with Gasteiger partial charge in [-0.25, -0.2) is 0 Å². The predicted molar refractivity (Wildman–Crippen MR) is 103 cm³/mol. The number of aromatic amines is 1. The Hall–Kier alpha value is -2.80. The molecule has 0 spiro atoms. The van der Waals surface area contributed by atoms with Crippen molar-refractivity contribution in [2.75, 3.05) is 13.7 Å². The maximum absolute atomic E-state index is 13.3. The third-order valence-electron chi connectivity index (χ3n) is 6.30. The Morgan fingerprint density at radius 2 is 2.18 bits per heavy atom. The fourth-order valence-corrected chi connectivity index (χ4v) is 5.04. The molecule has 3 aliphatic rings. The van der Waals surface area contributed by atoms with Gasteiger partial charge in [0.1, 0.15) is 11.8 Å². The summed E-state index contributed by atoms with van der Waals surface area (Å²) in [6.07, 6.45) is 5.23. The average Bonchev–Trinajstić information content (AvgIpc) is 3.31. The van der Waals surface area contributed by atoms with Crippen LogP contribution in [0, 0.1) is 0 Å². The smallest absolute Gasteiger partial charge is 0.277 e. The Balaban J connectivity index is 1.73. The summed E-state index contributed by atoms with van der Waals surface area (Å²) in [4.78, 5) is 32.9. The second kappa shape index (κ2) is 5.85. The van der Waals surface area contributed by atoms with Gasteiger partial charge in [0.05, 0.1) is 13.2 Å². The van der Waals surface area contributed by atoms with E-state index in [0.29, 0.717) is 13.0 Å².